The van der Waals surface area contributed by atoms with Gasteiger partial charge in [0.05, 0.1) is 11.3 Å². The minimum atomic E-state index is 0.0742. The molecule has 0 radical (unpaired) electrons. The smallest absolute Gasteiger partial charge is 0.0961 e. The molecule has 0 aromatic heterocycles. The first-order chi connectivity index (χ1) is 7.08. The lowest BCUT2D eigenvalue weighted by Gasteiger charge is -2.12. The Kier molecular flexibility index (Phi) is 4.23. The minimum Gasteiger partial charge on any atom is -0.197 e. The van der Waals surface area contributed by atoms with Gasteiger partial charge in [0.25, 0.3) is 0 Å². The topological polar surface area (TPSA) is 23.8 Å². The van der Waals surface area contributed by atoms with Gasteiger partial charge in [-0.15, -0.1) is 11.8 Å². The third-order valence-corrected chi connectivity index (χ3v) is 3.98. The van der Waals surface area contributed by atoms with Gasteiger partial charge in [0.1, 0.15) is 0 Å². The van der Waals surface area contributed by atoms with Gasteiger partial charge in [0.15, 0.2) is 0 Å². The third-order valence-electron chi connectivity index (χ3n) is 2.38. The fourth-order valence-electron chi connectivity index (χ4n) is 1.70. The van der Waals surface area contributed by atoms with Crippen molar-refractivity contribution in [1.82, 2.24) is 0 Å². The number of nitrogens with zero attached hydrogens (tertiary/aromatic N) is 1. The average molecular weight is 219 g/mol. The van der Waals surface area contributed by atoms with E-state index in [0.29, 0.717) is 0 Å². The summed E-state index contributed by atoms with van der Waals surface area (Å²) in [6.07, 6.45) is 0.897. The Morgan fingerprint density at radius 3 is 2.20 bits per heavy atom. The number of benzene rings is 1. The Balaban J connectivity index is 3.00. The molecule has 1 atom stereocenters. The van der Waals surface area contributed by atoms with Crippen LogP contribution in [0, 0.1) is 32.1 Å². The predicted molar refractivity (Wildman–Crippen MR) is 66.2 cm³/mol. The summed E-state index contributed by atoms with van der Waals surface area (Å²) in [5.41, 5.74) is 3.86. The first kappa shape index (κ1) is 12.1. The van der Waals surface area contributed by atoms with Crippen LogP contribution in [0.1, 0.15) is 30.0 Å². The maximum absolute atomic E-state index is 8.95. The number of hydrogen-bond donors (Lipinski definition) is 0. The normalized spacial score (nSPS) is 12.2. The van der Waals surface area contributed by atoms with Crippen LogP contribution in [0.3, 0.4) is 0 Å². The molecule has 0 heterocycles. The Morgan fingerprint density at radius 1 is 1.27 bits per heavy atom. The highest BCUT2D eigenvalue weighted by molar-refractivity contribution is 8.00. The van der Waals surface area contributed by atoms with E-state index >= 15 is 0 Å². The number of nitriles is 1. The molecular formula is C13H17NS. The van der Waals surface area contributed by atoms with Crippen LogP contribution in [0.25, 0.3) is 0 Å². The van der Waals surface area contributed by atoms with Gasteiger partial charge in [-0.2, -0.15) is 5.26 Å². The number of rotatable bonds is 3. The van der Waals surface area contributed by atoms with Crippen molar-refractivity contribution >= 4 is 11.8 Å². The highest BCUT2D eigenvalue weighted by atomic mass is 32.2. The molecular weight excluding hydrogens is 202 g/mol. The van der Waals surface area contributed by atoms with Crippen molar-refractivity contribution in [1.29, 1.82) is 5.26 Å². The molecule has 1 nitrogen and oxygen atoms in total. The van der Waals surface area contributed by atoms with Crippen molar-refractivity contribution in [3.05, 3.63) is 28.8 Å². The summed E-state index contributed by atoms with van der Waals surface area (Å²) in [5, 5.41) is 9.03. The maximum Gasteiger partial charge on any atom is 0.0961 e. The van der Waals surface area contributed by atoms with Crippen molar-refractivity contribution in [2.45, 2.75) is 44.3 Å². The lowest BCUT2D eigenvalue weighted by molar-refractivity contribution is 0.982. The Morgan fingerprint density at radius 2 is 1.80 bits per heavy atom. The molecule has 15 heavy (non-hydrogen) atoms. The zero-order valence-electron chi connectivity index (χ0n) is 9.79. The molecule has 0 aliphatic carbocycles. The third kappa shape index (κ3) is 3.00. The van der Waals surface area contributed by atoms with E-state index in [1.165, 1.54) is 21.6 Å². The fraction of sp³-hybridized carbons (Fsp3) is 0.462. The molecule has 0 fully saturated rings. The Bertz CT molecular complexity index is 367. The summed E-state index contributed by atoms with van der Waals surface area (Å²) >= 11 is 1.69. The minimum absolute atomic E-state index is 0.0742. The molecule has 1 rings (SSSR count). The van der Waals surface area contributed by atoms with Crippen LogP contribution < -0.4 is 0 Å². The lowest BCUT2D eigenvalue weighted by atomic mass is 10.1. The van der Waals surface area contributed by atoms with Crippen molar-refractivity contribution < 1.29 is 0 Å². The van der Waals surface area contributed by atoms with Gasteiger partial charge in [-0.1, -0.05) is 24.6 Å². The van der Waals surface area contributed by atoms with E-state index in [9.17, 15) is 0 Å². The van der Waals surface area contributed by atoms with E-state index in [0.717, 1.165) is 6.42 Å². The van der Waals surface area contributed by atoms with Crippen LogP contribution in [0.4, 0.5) is 0 Å². The van der Waals surface area contributed by atoms with Crippen LogP contribution in [-0.2, 0) is 0 Å². The quantitative estimate of drug-likeness (QED) is 0.717. The van der Waals surface area contributed by atoms with Crippen molar-refractivity contribution in [3.8, 4) is 6.07 Å². The summed E-state index contributed by atoms with van der Waals surface area (Å²) in [6, 6.07) is 6.69. The molecule has 0 saturated carbocycles. The van der Waals surface area contributed by atoms with Crippen molar-refractivity contribution in [2.24, 2.45) is 0 Å². The predicted octanol–water partition coefficient (Wildman–Crippen LogP) is 4.01. The Hall–Kier alpha value is -0.940. The second-order valence-electron chi connectivity index (χ2n) is 3.87. The molecule has 0 aliphatic heterocycles. The van der Waals surface area contributed by atoms with Crippen LogP contribution in [0.15, 0.2) is 17.0 Å². The van der Waals surface area contributed by atoms with Gasteiger partial charge < -0.3 is 0 Å². The zero-order valence-corrected chi connectivity index (χ0v) is 10.6. The highest BCUT2D eigenvalue weighted by Crippen LogP contribution is 2.31. The van der Waals surface area contributed by atoms with Gasteiger partial charge in [0.2, 0.25) is 0 Å². The van der Waals surface area contributed by atoms with Crippen molar-refractivity contribution in [2.75, 3.05) is 0 Å². The molecule has 1 aromatic carbocycles. The molecule has 0 amide bonds. The molecule has 1 aromatic rings. The van der Waals surface area contributed by atoms with Crippen LogP contribution in [0.5, 0.6) is 0 Å². The van der Waals surface area contributed by atoms with E-state index in [-0.39, 0.29) is 5.25 Å². The second-order valence-corrected chi connectivity index (χ2v) is 5.08. The monoisotopic (exact) mass is 219 g/mol. The van der Waals surface area contributed by atoms with E-state index in [1.54, 1.807) is 11.8 Å². The first-order valence-electron chi connectivity index (χ1n) is 5.22. The number of hydrogen-bond acceptors (Lipinski definition) is 2. The maximum atomic E-state index is 8.95. The van der Waals surface area contributed by atoms with E-state index in [1.807, 2.05) is 0 Å². The average Bonchev–Trinajstić information content (AvgIpc) is 2.17. The SMILES string of the molecule is CCC(C#N)Sc1c(C)cc(C)cc1C. The summed E-state index contributed by atoms with van der Waals surface area (Å²) in [7, 11) is 0. The standard InChI is InChI=1S/C13H17NS/c1-5-12(8-14)15-13-10(3)6-9(2)7-11(13)4/h6-7,12H,5H2,1-4H3. The summed E-state index contributed by atoms with van der Waals surface area (Å²) < 4.78 is 0. The van der Waals surface area contributed by atoms with Gasteiger partial charge in [-0.05, 0) is 38.3 Å². The Labute approximate surface area is 96.5 Å². The number of thioether (sulfide) groups is 1. The second kappa shape index (κ2) is 5.23. The molecule has 0 spiro atoms. The van der Waals surface area contributed by atoms with Gasteiger partial charge in [-0.25, -0.2) is 0 Å². The summed E-state index contributed by atoms with van der Waals surface area (Å²) in [4.78, 5) is 1.27. The van der Waals surface area contributed by atoms with Gasteiger partial charge in [0, 0.05) is 4.90 Å². The van der Waals surface area contributed by atoms with E-state index in [2.05, 4.69) is 45.9 Å². The zero-order chi connectivity index (χ0) is 11.4. The molecule has 0 aliphatic rings. The summed E-state index contributed by atoms with van der Waals surface area (Å²) in [6.45, 7) is 8.40. The van der Waals surface area contributed by atoms with Crippen LogP contribution in [0.2, 0.25) is 0 Å². The molecule has 2 heteroatoms. The van der Waals surface area contributed by atoms with Crippen molar-refractivity contribution in [3.63, 3.8) is 0 Å². The van der Waals surface area contributed by atoms with Gasteiger partial charge >= 0.3 is 0 Å². The molecule has 0 N–H and O–H groups in total. The van der Waals surface area contributed by atoms with Crippen LogP contribution in [-0.4, -0.2) is 5.25 Å². The van der Waals surface area contributed by atoms with E-state index < -0.39 is 0 Å². The lowest BCUT2D eigenvalue weighted by Crippen LogP contribution is -1.98. The van der Waals surface area contributed by atoms with Crippen LogP contribution >= 0.6 is 11.8 Å². The highest BCUT2D eigenvalue weighted by Gasteiger charge is 2.11. The first-order valence-corrected chi connectivity index (χ1v) is 6.10. The molecule has 0 saturated heterocycles. The molecule has 0 bridgehead atoms. The molecule has 80 valence electrons. The largest absolute Gasteiger partial charge is 0.197 e. The summed E-state index contributed by atoms with van der Waals surface area (Å²) in [5.74, 6) is 0. The fourth-order valence-corrected chi connectivity index (χ4v) is 2.69. The molecule has 1 unspecified atom stereocenters. The van der Waals surface area contributed by atoms with E-state index in [4.69, 9.17) is 5.26 Å². The van der Waals surface area contributed by atoms with Gasteiger partial charge in [-0.3, -0.25) is 0 Å². The number of aryl methyl sites for hydroxylation is 3.